The minimum Gasteiger partial charge on any atom is -0.357 e. The van der Waals surface area contributed by atoms with Gasteiger partial charge in [-0.05, 0) is 18.6 Å². The molecule has 8 nitrogen and oxygen atoms in total. The van der Waals surface area contributed by atoms with Crippen LogP contribution in [0.4, 0.5) is 11.6 Å². The number of hydrogen-bond donors (Lipinski definition) is 3. The Bertz CT molecular complexity index is 749. The Hall–Kier alpha value is -3.00. The summed E-state index contributed by atoms with van der Waals surface area (Å²) in [5.41, 5.74) is 7.09. The van der Waals surface area contributed by atoms with E-state index >= 15 is 0 Å². The van der Waals surface area contributed by atoms with Crippen LogP contribution in [-0.4, -0.2) is 52.4 Å². The quantitative estimate of drug-likeness (QED) is 0.747. The number of rotatable bonds is 4. The monoisotopic (exact) mass is 340 g/mol. The highest BCUT2D eigenvalue weighted by molar-refractivity contribution is 5.97. The number of amides is 2. The molecule has 130 valence electrons. The molecular formula is C17H20N6O2. The van der Waals surface area contributed by atoms with Crippen LogP contribution >= 0.6 is 0 Å². The molecule has 2 amide bonds. The zero-order chi connectivity index (χ0) is 17.8. The number of para-hydroxylation sites is 1. The van der Waals surface area contributed by atoms with Crippen molar-refractivity contribution in [3.63, 3.8) is 0 Å². The lowest BCUT2D eigenvalue weighted by atomic mass is 10.1. The molecule has 0 spiro atoms. The molecule has 0 unspecified atom stereocenters. The fourth-order valence-corrected chi connectivity index (χ4v) is 2.83. The normalized spacial score (nSPS) is 19.5. The van der Waals surface area contributed by atoms with Gasteiger partial charge in [-0.25, -0.2) is 9.97 Å². The van der Waals surface area contributed by atoms with E-state index in [2.05, 4.69) is 20.6 Å². The molecule has 1 aliphatic rings. The van der Waals surface area contributed by atoms with Gasteiger partial charge in [0.1, 0.15) is 6.04 Å². The molecule has 0 aliphatic carbocycles. The first-order chi connectivity index (χ1) is 12.1. The van der Waals surface area contributed by atoms with Crippen molar-refractivity contribution in [3.05, 3.63) is 48.3 Å². The van der Waals surface area contributed by atoms with Crippen LogP contribution in [0.2, 0.25) is 0 Å². The van der Waals surface area contributed by atoms with E-state index in [1.165, 1.54) is 17.3 Å². The molecule has 8 heteroatoms. The average Bonchev–Trinajstić information content (AvgIpc) is 3.04. The topological polar surface area (TPSA) is 113 Å². The number of carbonyl (C=O) groups is 2. The van der Waals surface area contributed by atoms with E-state index in [4.69, 9.17) is 5.73 Å². The van der Waals surface area contributed by atoms with Gasteiger partial charge in [0, 0.05) is 37.7 Å². The fourth-order valence-electron chi connectivity index (χ4n) is 2.83. The highest BCUT2D eigenvalue weighted by Gasteiger charge is 2.38. The smallest absolute Gasteiger partial charge is 0.257 e. The van der Waals surface area contributed by atoms with E-state index in [1.54, 1.807) is 7.05 Å². The molecule has 25 heavy (non-hydrogen) atoms. The lowest BCUT2D eigenvalue weighted by Crippen LogP contribution is -2.45. The van der Waals surface area contributed by atoms with Crippen molar-refractivity contribution in [3.8, 4) is 0 Å². The predicted octanol–water partition coefficient (Wildman–Crippen LogP) is 0.508. The summed E-state index contributed by atoms with van der Waals surface area (Å²) in [4.78, 5) is 34.5. The third kappa shape index (κ3) is 3.74. The van der Waals surface area contributed by atoms with E-state index in [-0.39, 0.29) is 17.9 Å². The molecule has 2 heterocycles. The number of benzene rings is 1. The summed E-state index contributed by atoms with van der Waals surface area (Å²) in [6.45, 7) is 0.334. The molecule has 1 aromatic heterocycles. The van der Waals surface area contributed by atoms with Gasteiger partial charge < -0.3 is 21.3 Å². The number of aromatic nitrogens is 2. The summed E-state index contributed by atoms with van der Waals surface area (Å²) in [6.07, 6.45) is 3.34. The molecule has 1 aliphatic heterocycles. The Kier molecular flexibility index (Phi) is 4.90. The van der Waals surface area contributed by atoms with Gasteiger partial charge in [0.25, 0.3) is 5.91 Å². The van der Waals surface area contributed by atoms with Crippen molar-refractivity contribution in [1.29, 1.82) is 0 Å². The first-order valence-electron chi connectivity index (χ1n) is 8.00. The SMILES string of the molecule is CNC(=O)[C@@H]1C[C@@H](N)CN1C(=O)c1cnc(Nc2ccccc2)nc1. The largest absolute Gasteiger partial charge is 0.357 e. The third-order valence-electron chi connectivity index (χ3n) is 4.07. The second-order valence-corrected chi connectivity index (χ2v) is 5.87. The van der Waals surface area contributed by atoms with Gasteiger partial charge >= 0.3 is 0 Å². The molecule has 1 aromatic carbocycles. The van der Waals surface area contributed by atoms with Crippen LogP contribution in [-0.2, 0) is 4.79 Å². The number of nitrogens with two attached hydrogens (primary N) is 1. The van der Waals surface area contributed by atoms with Crippen molar-refractivity contribution >= 4 is 23.5 Å². The molecule has 2 atom stereocenters. The van der Waals surface area contributed by atoms with Crippen molar-refractivity contribution < 1.29 is 9.59 Å². The zero-order valence-corrected chi connectivity index (χ0v) is 13.8. The lowest BCUT2D eigenvalue weighted by molar-refractivity contribution is -0.124. The number of likely N-dealkylation sites (tertiary alicyclic amines) is 1. The lowest BCUT2D eigenvalue weighted by Gasteiger charge is -2.23. The minimum atomic E-state index is -0.561. The molecule has 0 radical (unpaired) electrons. The summed E-state index contributed by atoms with van der Waals surface area (Å²) < 4.78 is 0. The number of nitrogens with zero attached hydrogens (tertiary/aromatic N) is 3. The maximum atomic E-state index is 12.7. The Balaban J connectivity index is 1.73. The summed E-state index contributed by atoms with van der Waals surface area (Å²) in [6, 6.07) is 8.72. The first kappa shape index (κ1) is 16.8. The van der Waals surface area contributed by atoms with Gasteiger partial charge in [0.15, 0.2) is 0 Å². The number of anilines is 2. The number of nitrogens with one attached hydrogen (secondary N) is 2. The maximum Gasteiger partial charge on any atom is 0.257 e. The van der Waals surface area contributed by atoms with Crippen LogP contribution in [0.3, 0.4) is 0 Å². The molecule has 1 fully saturated rings. The van der Waals surface area contributed by atoms with Crippen LogP contribution in [0.5, 0.6) is 0 Å². The molecule has 4 N–H and O–H groups in total. The molecule has 3 rings (SSSR count). The highest BCUT2D eigenvalue weighted by Crippen LogP contribution is 2.20. The summed E-state index contributed by atoms with van der Waals surface area (Å²) in [5, 5.41) is 5.62. The van der Waals surface area contributed by atoms with Crippen LogP contribution in [0, 0.1) is 0 Å². The fraction of sp³-hybridized carbons (Fsp3) is 0.294. The number of carbonyl (C=O) groups excluding carboxylic acids is 2. The van der Waals surface area contributed by atoms with E-state index in [9.17, 15) is 9.59 Å². The Morgan fingerprint density at radius 3 is 2.52 bits per heavy atom. The summed E-state index contributed by atoms with van der Waals surface area (Å²) >= 11 is 0. The van der Waals surface area contributed by atoms with Crippen LogP contribution in [0.15, 0.2) is 42.7 Å². The minimum absolute atomic E-state index is 0.216. The Morgan fingerprint density at radius 2 is 1.88 bits per heavy atom. The van der Waals surface area contributed by atoms with E-state index in [1.807, 2.05) is 30.3 Å². The van der Waals surface area contributed by atoms with Crippen LogP contribution < -0.4 is 16.4 Å². The Labute approximate surface area is 145 Å². The zero-order valence-electron chi connectivity index (χ0n) is 13.8. The summed E-state index contributed by atoms with van der Waals surface area (Å²) in [7, 11) is 1.54. The molecule has 1 saturated heterocycles. The van der Waals surface area contributed by atoms with Crippen molar-refractivity contribution in [2.45, 2.75) is 18.5 Å². The summed E-state index contributed by atoms with van der Waals surface area (Å²) in [5.74, 6) is -0.124. The van der Waals surface area contributed by atoms with E-state index in [0.29, 0.717) is 24.5 Å². The van der Waals surface area contributed by atoms with Crippen molar-refractivity contribution in [2.75, 3.05) is 18.9 Å². The predicted molar refractivity (Wildman–Crippen MR) is 93.2 cm³/mol. The number of hydrogen-bond acceptors (Lipinski definition) is 6. The standard InChI is InChI=1S/C17H20N6O2/c1-19-15(24)14-7-12(18)10-23(14)16(25)11-8-20-17(21-9-11)22-13-5-3-2-4-6-13/h2-6,8-9,12,14H,7,10,18H2,1H3,(H,19,24)(H,20,21,22)/t12-,14+/m1/s1. The molecule has 2 aromatic rings. The maximum absolute atomic E-state index is 12.7. The second kappa shape index (κ2) is 7.27. The molecular weight excluding hydrogens is 320 g/mol. The highest BCUT2D eigenvalue weighted by atomic mass is 16.2. The van der Waals surface area contributed by atoms with Gasteiger partial charge in [0.05, 0.1) is 5.56 Å². The molecule has 0 saturated carbocycles. The van der Waals surface area contributed by atoms with E-state index in [0.717, 1.165) is 5.69 Å². The van der Waals surface area contributed by atoms with Crippen LogP contribution in [0.25, 0.3) is 0 Å². The average molecular weight is 340 g/mol. The van der Waals surface area contributed by atoms with E-state index < -0.39 is 6.04 Å². The van der Waals surface area contributed by atoms with Crippen molar-refractivity contribution in [1.82, 2.24) is 20.2 Å². The van der Waals surface area contributed by atoms with Gasteiger partial charge in [-0.1, -0.05) is 18.2 Å². The number of likely N-dealkylation sites (N-methyl/N-ethyl adjacent to an activating group) is 1. The second-order valence-electron chi connectivity index (χ2n) is 5.87. The van der Waals surface area contributed by atoms with Gasteiger partial charge in [0.2, 0.25) is 11.9 Å². The molecule has 0 bridgehead atoms. The van der Waals surface area contributed by atoms with Crippen molar-refractivity contribution in [2.24, 2.45) is 5.73 Å². The Morgan fingerprint density at radius 1 is 1.20 bits per heavy atom. The first-order valence-corrected chi connectivity index (χ1v) is 8.00. The van der Waals surface area contributed by atoms with Gasteiger partial charge in [-0.15, -0.1) is 0 Å². The van der Waals surface area contributed by atoms with Crippen LogP contribution in [0.1, 0.15) is 16.8 Å². The van der Waals surface area contributed by atoms with Gasteiger partial charge in [-0.2, -0.15) is 0 Å². The third-order valence-corrected chi connectivity index (χ3v) is 4.07. The van der Waals surface area contributed by atoms with Gasteiger partial charge in [-0.3, -0.25) is 9.59 Å².